The minimum absolute atomic E-state index is 0.0685. The quantitative estimate of drug-likeness (QED) is 0.881. The fraction of sp³-hybridized carbons (Fsp3) is 0.667. The second-order valence-electron chi connectivity index (χ2n) is 5.44. The largest absolute Gasteiger partial charge is 0.309 e. The number of rotatable bonds is 4. The van der Waals surface area contributed by atoms with Gasteiger partial charge in [0, 0.05) is 6.20 Å². The zero-order valence-corrected chi connectivity index (χ0v) is 11.3. The van der Waals surface area contributed by atoms with Crippen LogP contribution in [0.3, 0.4) is 0 Å². The maximum absolute atomic E-state index is 13.9. The van der Waals surface area contributed by atoms with Crippen LogP contribution in [0.4, 0.5) is 4.39 Å². The predicted molar refractivity (Wildman–Crippen MR) is 71.7 cm³/mol. The van der Waals surface area contributed by atoms with Crippen LogP contribution in [0.1, 0.15) is 51.3 Å². The van der Waals surface area contributed by atoms with Crippen LogP contribution in [0.2, 0.25) is 0 Å². The van der Waals surface area contributed by atoms with Gasteiger partial charge in [-0.2, -0.15) is 0 Å². The first-order chi connectivity index (χ1) is 8.72. The van der Waals surface area contributed by atoms with Gasteiger partial charge in [0.05, 0.1) is 11.7 Å². The van der Waals surface area contributed by atoms with Crippen molar-refractivity contribution in [2.45, 2.75) is 45.6 Å². The molecule has 0 spiro atoms. The summed E-state index contributed by atoms with van der Waals surface area (Å²) < 4.78 is 13.9. The van der Waals surface area contributed by atoms with Gasteiger partial charge in [0.25, 0.3) is 0 Å². The minimum Gasteiger partial charge on any atom is -0.309 e. The maximum Gasteiger partial charge on any atom is 0.146 e. The van der Waals surface area contributed by atoms with Crippen LogP contribution in [0.25, 0.3) is 0 Å². The smallest absolute Gasteiger partial charge is 0.146 e. The van der Waals surface area contributed by atoms with E-state index in [0.717, 1.165) is 12.5 Å². The summed E-state index contributed by atoms with van der Waals surface area (Å²) in [7, 11) is 0. The summed E-state index contributed by atoms with van der Waals surface area (Å²) in [4.78, 5) is 4.26. The third-order valence-corrected chi connectivity index (χ3v) is 3.95. The van der Waals surface area contributed by atoms with E-state index in [1.807, 2.05) is 0 Å². The molecule has 1 aliphatic carbocycles. The fourth-order valence-electron chi connectivity index (χ4n) is 3.12. The number of nitrogens with one attached hydrogen (secondary N) is 1. The van der Waals surface area contributed by atoms with Crippen LogP contribution < -0.4 is 5.32 Å². The summed E-state index contributed by atoms with van der Waals surface area (Å²) in [5.74, 6) is 1.08. The minimum atomic E-state index is -0.179. The lowest BCUT2D eigenvalue weighted by molar-refractivity contribution is 0.219. The van der Waals surface area contributed by atoms with Crippen molar-refractivity contribution < 1.29 is 4.39 Å². The molecule has 3 heteroatoms. The Labute approximate surface area is 109 Å². The van der Waals surface area contributed by atoms with Crippen molar-refractivity contribution in [2.75, 3.05) is 6.54 Å². The van der Waals surface area contributed by atoms with Gasteiger partial charge in [0.2, 0.25) is 0 Å². The van der Waals surface area contributed by atoms with Gasteiger partial charge in [0.1, 0.15) is 5.82 Å². The Bertz CT molecular complexity index is 381. The van der Waals surface area contributed by atoms with Crippen molar-refractivity contribution in [3.05, 3.63) is 29.8 Å². The third kappa shape index (κ3) is 3.08. The standard InChI is InChI=1S/C15H23FN2/c1-3-17-14(12-7-4-6-11(2)10-12)15-13(16)8-5-9-18-15/h5,8-9,11-12,14,17H,3-4,6-7,10H2,1-2H3. The van der Waals surface area contributed by atoms with Gasteiger partial charge in [-0.05, 0) is 43.4 Å². The van der Waals surface area contributed by atoms with E-state index >= 15 is 0 Å². The molecule has 1 aliphatic rings. The number of hydrogen-bond donors (Lipinski definition) is 1. The predicted octanol–water partition coefficient (Wildman–Crippen LogP) is 3.70. The average molecular weight is 250 g/mol. The van der Waals surface area contributed by atoms with E-state index in [4.69, 9.17) is 0 Å². The average Bonchev–Trinajstić information content (AvgIpc) is 2.37. The monoisotopic (exact) mass is 250 g/mol. The van der Waals surface area contributed by atoms with E-state index in [0.29, 0.717) is 11.6 Å². The van der Waals surface area contributed by atoms with Gasteiger partial charge in [0.15, 0.2) is 0 Å². The Kier molecular flexibility index (Phi) is 4.70. The van der Waals surface area contributed by atoms with Crippen molar-refractivity contribution in [3.63, 3.8) is 0 Å². The van der Waals surface area contributed by atoms with Crippen molar-refractivity contribution in [1.29, 1.82) is 0 Å². The number of nitrogens with zero attached hydrogens (tertiary/aromatic N) is 1. The number of hydrogen-bond acceptors (Lipinski definition) is 2. The molecule has 18 heavy (non-hydrogen) atoms. The van der Waals surface area contributed by atoms with Crippen LogP contribution in [0.5, 0.6) is 0 Å². The molecule has 0 aliphatic heterocycles. The molecular formula is C15H23FN2. The van der Waals surface area contributed by atoms with Gasteiger partial charge in [-0.1, -0.05) is 26.7 Å². The molecule has 0 saturated heterocycles. The van der Waals surface area contributed by atoms with Crippen molar-refractivity contribution >= 4 is 0 Å². The lowest BCUT2D eigenvalue weighted by Crippen LogP contribution is -2.32. The molecular weight excluding hydrogens is 227 g/mol. The molecule has 3 unspecified atom stereocenters. The van der Waals surface area contributed by atoms with Crippen molar-refractivity contribution in [1.82, 2.24) is 10.3 Å². The normalized spacial score (nSPS) is 25.9. The van der Waals surface area contributed by atoms with Crippen LogP contribution in [-0.4, -0.2) is 11.5 Å². The first-order valence-electron chi connectivity index (χ1n) is 7.06. The van der Waals surface area contributed by atoms with Gasteiger partial charge in [-0.3, -0.25) is 4.98 Å². The highest BCUT2D eigenvalue weighted by molar-refractivity contribution is 5.13. The summed E-state index contributed by atoms with van der Waals surface area (Å²) >= 11 is 0. The van der Waals surface area contributed by atoms with E-state index in [-0.39, 0.29) is 11.9 Å². The van der Waals surface area contributed by atoms with Gasteiger partial charge in [-0.25, -0.2) is 4.39 Å². The molecule has 2 rings (SSSR count). The van der Waals surface area contributed by atoms with Crippen LogP contribution in [-0.2, 0) is 0 Å². The van der Waals surface area contributed by atoms with Crippen LogP contribution in [0.15, 0.2) is 18.3 Å². The molecule has 1 fully saturated rings. The molecule has 100 valence electrons. The van der Waals surface area contributed by atoms with Gasteiger partial charge in [-0.15, -0.1) is 0 Å². The van der Waals surface area contributed by atoms with Crippen LogP contribution >= 0.6 is 0 Å². The zero-order chi connectivity index (χ0) is 13.0. The van der Waals surface area contributed by atoms with E-state index in [1.54, 1.807) is 12.3 Å². The topological polar surface area (TPSA) is 24.9 Å². The lowest BCUT2D eigenvalue weighted by atomic mass is 9.77. The van der Waals surface area contributed by atoms with Gasteiger partial charge >= 0.3 is 0 Å². The first-order valence-corrected chi connectivity index (χ1v) is 7.06. The second-order valence-corrected chi connectivity index (χ2v) is 5.44. The summed E-state index contributed by atoms with van der Waals surface area (Å²) in [6, 6.07) is 3.24. The first kappa shape index (κ1) is 13.5. The molecule has 0 amide bonds. The number of pyridine rings is 1. The second kappa shape index (κ2) is 6.28. The van der Waals surface area contributed by atoms with Crippen molar-refractivity contribution in [2.24, 2.45) is 11.8 Å². The molecule has 0 bridgehead atoms. The third-order valence-electron chi connectivity index (χ3n) is 3.95. The van der Waals surface area contributed by atoms with E-state index in [1.165, 1.54) is 31.7 Å². The molecule has 1 N–H and O–H groups in total. The Morgan fingerprint density at radius 3 is 3.00 bits per heavy atom. The fourth-order valence-corrected chi connectivity index (χ4v) is 3.12. The molecule has 0 aromatic carbocycles. The van der Waals surface area contributed by atoms with E-state index in [9.17, 15) is 4.39 Å². The molecule has 1 aromatic heterocycles. The summed E-state index contributed by atoms with van der Waals surface area (Å²) in [6.07, 6.45) is 6.60. The molecule has 1 heterocycles. The molecule has 1 aromatic rings. The summed E-state index contributed by atoms with van der Waals surface area (Å²) in [5.41, 5.74) is 0.596. The Morgan fingerprint density at radius 1 is 1.50 bits per heavy atom. The summed E-state index contributed by atoms with van der Waals surface area (Å²) in [6.45, 7) is 5.22. The molecule has 3 atom stereocenters. The highest BCUT2D eigenvalue weighted by Crippen LogP contribution is 2.37. The van der Waals surface area contributed by atoms with Crippen molar-refractivity contribution in [3.8, 4) is 0 Å². The Morgan fingerprint density at radius 2 is 2.33 bits per heavy atom. The molecule has 0 radical (unpaired) electrons. The van der Waals surface area contributed by atoms with Gasteiger partial charge < -0.3 is 5.32 Å². The summed E-state index contributed by atoms with van der Waals surface area (Å²) in [5, 5.41) is 3.43. The Hall–Kier alpha value is -0.960. The lowest BCUT2D eigenvalue weighted by Gasteiger charge is -2.33. The molecule has 2 nitrogen and oxygen atoms in total. The SMILES string of the molecule is CCNC(c1ncccc1F)C1CCCC(C)C1. The van der Waals surface area contributed by atoms with E-state index in [2.05, 4.69) is 24.1 Å². The maximum atomic E-state index is 13.9. The highest BCUT2D eigenvalue weighted by Gasteiger charge is 2.29. The number of aromatic nitrogens is 1. The van der Waals surface area contributed by atoms with E-state index < -0.39 is 0 Å². The van der Waals surface area contributed by atoms with Crippen LogP contribution in [0, 0.1) is 17.7 Å². The zero-order valence-electron chi connectivity index (χ0n) is 11.3. The Balaban J connectivity index is 2.19. The molecule has 1 saturated carbocycles. The highest BCUT2D eigenvalue weighted by atomic mass is 19.1. The number of halogens is 1.